The zero-order chi connectivity index (χ0) is 25.5. The number of dihydropyridines is 1. The first-order chi connectivity index (χ1) is 17.6. The number of amides is 1. The molecule has 0 saturated carbocycles. The average Bonchev–Trinajstić information content (AvgIpc) is 2.94. The third kappa shape index (κ3) is 5.13. The summed E-state index contributed by atoms with van der Waals surface area (Å²) in [5.41, 5.74) is 3.65. The Morgan fingerprint density at radius 2 is 1.97 bits per heavy atom. The molecule has 3 heterocycles. The highest BCUT2D eigenvalue weighted by Gasteiger charge is 2.23. The molecule has 8 nitrogen and oxygen atoms in total. The van der Waals surface area contributed by atoms with Crippen molar-refractivity contribution < 1.29 is 9.53 Å². The van der Waals surface area contributed by atoms with Crippen LogP contribution in [0.3, 0.4) is 0 Å². The van der Waals surface area contributed by atoms with E-state index in [1.807, 2.05) is 30.0 Å². The van der Waals surface area contributed by atoms with Gasteiger partial charge in [0.25, 0.3) is 5.91 Å². The number of carbonyl (C=O) groups excluding carboxylic acids is 1. The van der Waals surface area contributed by atoms with Gasteiger partial charge in [-0.2, -0.15) is 5.26 Å². The summed E-state index contributed by atoms with van der Waals surface area (Å²) in [6, 6.07) is 13.0. The summed E-state index contributed by atoms with van der Waals surface area (Å²) in [5, 5.41) is 20.1. The lowest BCUT2D eigenvalue weighted by Gasteiger charge is -2.35. The molecule has 0 radical (unpaired) electrons. The van der Waals surface area contributed by atoms with Crippen molar-refractivity contribution in [3.63, 3.8) is 0 Å². The molecule has 0 spiro atoms. The monoisotopic (exact) mass is 478 g/mol. The Hall–Kier alpha value is -4.82. The summed E-state index contributed by atoms with van der Waals surface area (Å²) >= 11 is 0. The van der Waals surface area contributed by atoms with E-state index in [0.717, 1.165) is 28.7 Å². The van der Waals surface area contributed by atoms with E-state index in [4.69, 9.17) is 16.6 Å². The molecule has 180 valence electrons. The zero-order valence-corrected chi connectivity index (χ0v) is 20.0. The van der Waals surface area contributed by atoms with E-state index >= 15 is 0 Å². The molecule has 8 heteroatoms. The number of hydrogen-bond acceptors (Lipinski definition) is 7. The van der Waals surface area contributed by atoms with Crippen molar-refractivity contribution in [2.45, 2.75) is 6.92 Å². The van der Waals surface area contributed by atoms with Gasteiger partial charge in [-0.3, -0.25) is 4.79 Å². The molecule has 1 aromatic carbocycles. The number of terminal acetylenes is 1. The van der Waals surface area contributed by atoms with E-state index in [0.29, 0.717) is 49.8 Å². The molecular formula is C28H26N6O2. The number of ether oxygens (including phenoxy) is 1. The van der Waals surface area contributed by atoms with Gasteiger partial charge in [0, 0.05) is 67.1 Å². The molecule has 0 unspecified atom stereocenters. The van der Waals surface area contributed by atoms with Gasteiger partial charge in [0.15, 0.2) is 0 Å². The summed E-state index contributed by atoms with van der Waals surface area (Å²) in [6.45, 7) is 4.92. The van der Waals surface area contributed by atoms with Crippen molar-refractivity contribution in [1.82, 2.24) is 15.2 Å². The molecule has 2 aliphatic heterocycles. The first kappa shape index (κ1) is 24.3. The number of allylic oxidation sites excluding steroid dienone is 3. The van der Waals surface area contributed by atoms with Gasteiger partial charge in [-0.15, -0.1) is 6.42 Å². The van der Waals surface area contributed by atoms with Crippen molar-refractivity contribution in [3.05, 3.63) is 88.6 Å². The number of piperazine rings is 1. The van der Waals surface area contributed by atoms with E-state index in [-0.39, 0.29) is 11.5 Å². The smallest absolute Gasteiger partial charge is 0.253 e. The minimum absolute atomic E-state index is 0.00441. The normalized spacial score (nSPS) is 16.5. The predicted molar refractivity (Wildman–Crippen MR) is 139 cm³/mol. The van der Waals surface area contributed by atoms with Crippen LogP contribution < -0.4 is 10.2 Å². The first-order valence-corrected chi connectivity index (χ1v) is 11.6. The summed E-state index contributed by atoms with van der Waals surface area (Å²) in [7, 11) is 0. The largest absolute Gasteiger partial charge is 0.492 e. The van der Waals surface area contributed by atoms with Crippen LogP contribution in [-0.4, -0.2) is 54.8 Å². The Kier molecular flexibility index (Phi) is 7.48. The van der Waals surface area contributed by atoms with Crippen molar-refractivity contribution in [2.24, 2.45) is 0 Å². The molecule has 0 bridgehead atoms. The maximum atomic E-state index is 12.8. The first-order valence-electron chi connectivity index (χ1n) is 11.6. The number of nitrogens with zero attached hydrogens (tertiary/aromatic N) is 4. The van der Waals surface area contributed by atoms with Crippen LogP contribution in [0, 0.1) is 29.1 Å². The van der Waals surface area contributed by atoms with Gasteiger partial charge in [0.2, 0.25) is 0 Å². The molecule has 2 aliphatic rings. The number of rotatable bonds is 6. The van der Waals surface area contributed by atoms with Crippen LogP contribution in [0.5, 0.6) is 0 Å². The fourth-order valence-corrected chi connectivity index (χ4v) is 4.10. The third-order valence-corrected chi connectivity index (χ3v) is 6.01. The summed E-state index contributed by atoms with van der Waals surface area (Å²) in [4.78, 5) is 21.5. The van der Waals surface area contributed by atoms with Crippen LogP contribution in [-0.2, 0) is 4.74 Å². The number of pyridine rings is 1. The number of nitriles is 1. The maximum Gasteiger partial charge on any atom is 0.253 e. The van der Waals surface area contributed by atoms with E-state index in [2.05, 4.69) is 27.2 Å². The lowest BCUT2D eigenvalue weighted by Crippen LogP contribution is -2.49. The fourth-order valence-electron chi connectivity index (χ4n) is 4.10. The molecule has 0 aliphatic carbocycles. The molecule has 1 aromatic heterocycles. The molecule has 1 amide bonds. The second-order valence-corrected chi connectivity index (χ2v) is 8.13. The lowest BCUT2D eigenvalue weighted by molar-refractivity contribution is 0.0746. The highest BCUT2D eigenvalue weighted by atomic mass is 16.5. The number of nitrogens with one attached hydrogen (secondary N) is 2. The van der Waals surface area contributed by atoms with Crippen LogP contribution in [0.2, 0.25) is 0 Å². The Morgan fingerprint density at radius 1 is 1.22 bits per heavy atom. The van der Waals surface area contributed by atoms with Crippen LogP contribution in [0.25, 0.3) is 5.57 Å². The summed E-state index contributed by atoms with van der Waals surface area (Å²) in [5.74, 6) is 4.01. The number of anilines is 1. The molecular weight excluding hydrogens is 452 g/mol. The summed E-state index contributed by atoms with van der Waals surface area (Å²) < 4.78 is 5.61. The second kappa shape index (κ2) is 11.1. The molecule has 2 aromatic rings. The van der Waals surface area contributed by atoms with Crippen molar-refractivity contribution in [3.8, 4) is 18.4 Å². The standard InChI is InChI=1S/C28H26N6O2/c1-3-20-5-7-21(8-6-20)28(35)34-13-11-33(12-14-34)26-10-9-22(18-31-26)25-15-24(36-4-2)19-32-27(25)23(16-29)17-30/h1,5-10,15-16,18-19,29,32H,4,11-14H2,2H3/b27-23+,29-16?. The lowest BCUT2D eigenvalue weighted by atomic mass is 9.98. The van der Waals surface area contributed by atoms with Crippen molar-refractivity contribution in [1.29, 1.82) is 10.7 Å². The van der Waals surface area contributed by atoms with E-state index < -0.39 is 0 Å². The quantitative estimate of drug-likeness (QED) is 0.375. The number of hydrogen-bond donors (Lipinski definition) is 2. The van der Waals surface area contributed by atoms with Gasteiger partial charge < -0.3 is 25.3 Å². The van der Waals surface area contributed by atoms with E-state index in [9.17, 15) is 10.1 Å². The SMILES string of the molecule is C#Cc1ccc(C(=O)N2CCN(c3ccc(C4=CC(OCC)=CN/C4=C(/C#N)C=N)cn3)CC2)cc1. The number of carbonyl (C=O) groups is 1. The number of aromatic nitrogens is 1. The van der Waals surface area contributed by atoms with Crippen LogP contribution in [0.4, 0.5) is 5.82 Å². The Balaban J connectivity index is 1.47. The van der Waals surface area contributed by atoms with Gasteiger partial charge in [-0.25, -0.2) is 4.98 Å². The number of benzene rings is 1. The molecule has 36 heavy (non-hydrogen) atoms. The maximum absolute atomic E-state index is 12.8. The van der Waals surface area contributed by atoms with Crippen LogP contribution in [0.15, 0.2) is 71.9 Å². The van der Waals surface area contributed by atoms with E-state index in [1.54, 1.807) is 36.7 Å². The van der Waals surface area contributed by atoms with Crippen molar-refractivity contribution in [2.75, 3.05) is 37.7 Å². The Bertz CT molecular complexity index is 1320. The minimum atomic E-state index is -0.00441. The molecule has 2 N–H and O–H groups in total. The minimum Gasteiger partial charge on any atom is -0.492 e. The highest BCUT2D eigenvalue weighted by Crippen LogP contribution is 2.29. The Labute approximate surface area is 210 Å². The molecule has 0 atom stereocenters. The Morgan fingerprint density at radius 3 is 2.56 bits per heavy atom. The van der Waals surface area contributed by atoms with Gasteiger partial charge in [0.1, 0.15) is 17.6 Å². The zero-order valence-electron chi connectivity index (χ0n) is 20.0. The van der Waals surface area contributed by atoms with Gasteiger partial charge >= 0.3 is 0 Å². The summed E-state index contributed by atoms with van der Waals surface area (Å²) in [6.07, 6.45) is 11.7. The van der Waals surface area contributed by atoms with Crippen LogP contribution in [0.1, 0.15) is 28.4 Å². The molecule has 1 fully saturated rings. The predicted octanol–water partition coefficient (Wildman–Crippen LogP) is 3.32. The average molecular weight is 479 g/mol. The van der Waals surface area contributed by atoms with Crippen molar-refractivity contribution >= 4 is 23.5 Å². The van der Waals surface area contributed by atoms with Gasteiger partial charge in [-0.05, 0) is 49.4 Å². The van der Waals surface area contributed by atoms with Crippen LogP contribution >= 0.6 is 0 Å². The second-order valence-electron chi connectivity index (χ2n) is 8.13. The molecule has 1 saturated heterocycles. The highest BCUT2D eigenvalue weighted by molar-refractivity contribution is 5.94. The van der Waals surface area contributed by atoms with Gasteiger partial charge in [-0.1, -0.05) is 5.92 Å². The van der Waals surface area contributed by atoms with E-state index in [1.165, 1.54) is 0 Å². The topological polar surface area (TPSA) is 105 Å². The fraction of sp³-hybridized carbons (Fsp3) is 0.214. The third-order valence-electron chi connectivity index (χ3n) is 6.01. The molecule has 4 rings (SSSR count). The van der Waals surface area contributed by atoms with Gasteiger partial charge in [0.05, 0.1) is 17.9 Å².